The molecule has 2 fully saturated rings. The van der Waals surface area contributed by atoms with E-state index >= 15 is 0 Å². The number of likely N-dealkylation sites (tertiary alicyclic amines) is 1. The van der Waals surface area contributed by atoms with Gasteiger partial charge in [0.05, 0.1) is 26.7 Å². The quantitative estimate of drug-likeness (QED) is 0.793. The van der Waals surface area contributed by atoms with Gasteiger partial charge in [-0.2, -0.15) is 0 Å². The van der Waals surface area contributed by atoms with Crippen LogP contribution in [0.15, 0.2) is 30.3 Å². The molecule has 1 aromatic carbocycles. The van der Waals surface area contributed by atoms with Crippen LogP contribution >= 0.6 is 0 Å². The van der Waals surface area contributed by atoms with Crippen LogP contribution in [0.3, 0.4) is 0 Å². The molecule has 0 amide bonds. The van der Waals surface area contributed by atoms with E-state index in [1.807, 2.05) is 0 Å². The minimum Gasteiger partial charge on any atom is -0.349 e. The number of ether oxygens (including phenoxy) is 2. The highest BCUT2D eigenvalue weighted by molar-refractivity contribution is 5.19. The molecular weight excluding hydrogens is 262 g/mol. The summed E-state index contributed by atoms with van der Waals surface area (Å²) in [4.78, 5) is 0. The summed E-state index contributed by atoms with van der Waals surface area (Å²) in [5.41, 5.74) is 1.29. The van der Waals surface area contributed by atoms with Gasteiger partial charge in [-0.15, -0.1) is 0 Å². The number of benzene rings is 1. The van der Waals surface area contributed by atoms with Crippen LogP contribution in [-0.4, -0.2) is 50.2 Å². The van der Waals surface area contributed by atoms with Crippen LogP contribution in [0.25, 0.3) is 0 Å². The van der Waals surface area contributed by atoms with Gasteiger partial charge in [-0.1, -0.05) is 37.3 Å². The van der Waals surface area contributed by atoms with Crippen molar-refractivity contribution in [2.75, 3.05) is 33.3 Å². The second-order valence-electron chi connectivity index (χ2n) is 6.97. The first-order valence-electron chi connectivity index (χ1n) is 8.32. The van der Waals surface area contributed by atoms with E-state index in [1.54, 1.807) is 0 Å². The summed E-state index contributed by atoms with van der Waals surface area (Å²) in [5.74, 6) is 0.294. The van der Waals surface area contributed by atoms with Crippen LogP contribution in [0.1, 0.15) is 37.7 Å². The Morgan fingerprint density at radius 1 is 1.14 bits per heavy atom. The highest BCUT2D eigenvalue weighted by Gasteiger charge is 2.36. The minimum absolute atomic E-state index is 0.0891. The first-order valence-corrected chi connectivity index (χ1v) is 8.32. The number of piperidine rings is 1. The van der Waals surface area contributed by atoms with Gasteiger partial charge in [0, 0.05) is 5.92 Å². The molecule has 0 aliphatic carbocycles. The summed E-state index contributed by atoms with van der Waals surface area (Å²) in [5, 5.41) is 0. The van der Waals surface area contributed by atoms with Gasteiger partial charge in [-0.25, -0.2) is 0 Å². The predicted octanol–water partition coefficient (Wildman–Crippen LogP) is 3.16. The average Bonchev–Trinajstić information content (AvgIpc) is 2.96. The molecule has 1 aromatic rings. The van der Waals surface area contributed by atoms with E-state index in [9.17, 15) is 0 Å². The van der Waals surface area contributed by atoms with Crippen LogP contribution in [0.2, 0.25) is 0 Å². The monoisotopic (exact) mass is 290 g/mol. The fourth-order valence-corrected chi connectivity index (χ4v) is 3.69. The van der Waals surface area contributed by atoms with Crippen molar-refractivity contribution < 1.29 is 14.0 Å². The molecule has 3 atom stereocenters. The highest BCUT2D eigenvalue weighted by atomic mass is 16.7. The molecule has 0 radical (unpaired) electrons. The zero-order valence-corrected chi connectivity index (χ0v) is 13.3. The summed E-state index contributed by atoms with van der Waals surface area (Å²) in [6.45, 7) is 6.62. The molecule has 2 saturated heterocycles. The van der Waals surface area contributed by atoms with E-state index in [1.165, 1.54) is 37.9 Å². The third-order valence-electron chi connectivity index (χ3n) is 5.05. The SMILES string of the molecule is C[C@H](c1ccccc1)[C@@H]1OC[C@@H](C[N+]2(C)CCCCC2)O1. The fourth-order valence-electron chi connectivity index (χ4n) is 3.69. The maximum Gasteiger partial charge on any atom is 0.165 e. The highest BCUT2D eigenvalue weighted by Crippen LogP contribution is 2.28. The number of nitrogens with zero attached hydrogens (tertiary/aromatic N) is 1. The largest absolute Gasteiger partial charge is 0.349 e. The number of quaternary nitrogens is 1. The molecule has 3 nitrogen and oxygen atoms in total. The summed E-state index contributed by atoms with van der Waals surface area (Å²) in [6, 6.07) is 10.5. The van der Waals surface area contributed by atoms with Crippen LogP contribution in [0.4, 0.5) is 0 Å². The fraction of sp³-hybridized carbons (Fsp3) is 0.667. The smallest absolute Gasteiger partial charge is 0.165 e. The van der Waals surface area contributed by atoms with Crippen LogP contribution in [0, 0.1) is 0 Å². The van der Waals surface area contributed by atoms with E-state index in [-0.39, 0.29) is 12.4 Å². The van der Waals surface area contributed by atoms with Gasteiger partial charge in [0.2, 0.25) is 0 Å². The Kier molecular flexibility index (Phi) is 4.63. The Bertz CT molecular complexity index is 442. The summed E-state index contributed by atoms with van der Waals surface area (Å²) < 4.78 is 13.3. The van der Waals surface area contributed by atoms with Gasteiger partial charge in [-0.05, 0) is 24.8 Å². The van der Waals surface area contributed by atoms with E-state index in [0.29, 0.717) is 5.92 Å². The van der Waals surface area contributed by atoms with E-state index < -0.39 is 0 Å². The van der Waals surface area contributed by atoms with Gasteiger partial charge in [0.1, 0.15) is 12.6 Å². The van der Waals surface area contributed by atoms with Gasteiger partial charge in [0.25, 0.3) is 0 Å². The summed E-state index contributed by atoms with van der Waals surface area (Å²) in [7, 11) is 2.37. The minimum atomic E-state index is -0.0891. The van der Waals surface area contributed by atoms with Crippen molar-refractivity contribution in [2.24, 2.45) is 0 Å². The topological polar surface area (TPSA) is 18.5 Å². The molecule has 0 aromatic heterocycles. The molecule has 2 aliphatic heterocycles. The summed E-state index contributed by atoms with van der Waals surface area (Å²) >= 11 is 0. The molecule has 116 valence electrons. The maximum atomic E-state index is 6.21. The van der Waals surface area contributed by atoms with Gasteiger partial charge in [0.15, 0.2) is 6.29 Å². The van der Waals surface area contributed by atoms with Gasteiger partial charge < -0.3 is 14.0 Å². The van der Waals surface area contributed by atoms with Crippen molar-refractivity contribution in [3.8, 4) is 0 Å². The van der Waals surface area contributed by atoms with E-state index in [0.717, 1.165) is 17.6 Å². The average molecular weight is 290 g/mol. The predicted molar refractivity (Wildman–Crippen MR) is 84.1 cm³/mol. The van der Waals surface area contributed by atoms with Crippen molar-refractivity contribution >= 4 is 0 Å². The molecule has 3 rings (SSSR count). The lowest BCUT2D eigenvalue weighted by Crippen LogP contribution is -2.52. The molecule has 0 spiro atoms. The normalized spacial score (nSPS) is 30.2. The van der Waals surface area contributed by atoms with Crippen LogP contribution < -0.4 is 0 Å². The second-order valence-corrected chi connectivity index (χ2v) is 6.97. The van der Waals surface area contributed by atoms with Crippen molar-refractivity contribution in [3.05, 3.63) is 35.9 Å². The second kappa shape index (κ2) is 6.47. The molecule has 2 heterocycles. The molecule has 0 N–H and O–H groups in total. The van der Waals surface area contributed by atoms with Gasteiger partial charge in [-0.3, -0.25) is 0 Å². The Labute approximate surface area is 128 Å². The molecule has 0 bridgehead atoms. The third kappa shape index (κ3) is 3.65. The molecule has 0 unspecified atom stereocenters. The number of hydrogen-bond donors (Lipinski definition) is 0. The Morgan fingerprint density at radius 3 is 2.57 bits per heavy atom. The molecule has 0 saturated carbocycles. The Morgan fingerprint density at radius 2 is 1.86 bits per heavy atom. The maximum absolute atomic E-state index is 6.21. The third-order valence-corrected chi connectivity index (χ3v) is 5.05. The Hall–Kier alpha value is -0.900. The molecule has 2 aliphatic rings. The molecular formula is C18H28NO2+. The van der Waals surface area contributed by atoms with Crippen molar-refractivity contribution in [1.82, 2.24) is 0 Å². The standard InChI is InChI=1S/C18H28NO2/c1-15(16-9-5-3-6-10-16)18-20-14-17(21-18)13-19(2)11-7-4-8-12-19/h3,5-6,9-10,15,17-18H,4,7-8,11-14H2,1-2H3/q+1/t15-,17-,18-/m1/s1. The van der Waals surface area contributed by atoms with Crippen LogP contribution in [0.5, 0.6) is 0 Å². The summed E-state index contributed by atoms with van der Waals surface area (Å²) in [6.07, 6.45) is 4.27. The lowest BCUT2D eigenvalue weighted by Gasteiger charge is -2.39. The lowest BCUT2D eigenvalue weighted by molar-refractivity contribution is -0.916. The van der Waals surface area contributed by atoms with Crippen molar-refractivity contribution in [3.63, 3.8) is 0 Å². The number of rotatable bonds is 4. The first-order chi connectivity index (χ1) is 10.2. The van der Waals surface area contributed by atoms with E-state index in [4.69, 9.17) is 9.47 Å². The Balaban J connectivity index is 1.55. The first kappa shape index (κ1) is 15.0. The molecule has 21 heavy (non-hydrogen) atoms. The zero-order valence-electron chi connectivity index (χ0n) is 13.3. The van der Waals surface area contributed by atoms with Crippen LogP contribution in [-0.2, 0) is 9.47 Å². The number of likely N-dealkylation sites (N-methyl/N-ethyl adjacent to an activating group) is 1. The van der Waals surface area contributed by atoms with Crippen molar-refractivity contribution in [2.45, 2.75) is 44.5 Å². The zero-order chi connectivity index (χ0) is 14.7. The van der Waals surface area contributed by atoms with Crippen molar-refractivity contribution in [1.29, 1.82) is 0 Å². The van der Waals surface area contributed by atoms with Gasteiger partial charge >= 0.3 is 0 Å². The lowest BCUT2D eigenvalue weighted by atomic mass is 10.0. The molecule has 3 heteroatoms. The number of hydrogen-bond acceptors (Lipinski definition) is 2. The van der Waals surface area contributed by atoms with E-state index in [2.05, 4.69) is 44.3 Å².